The van der Waals surface area contributed by atoms with Gasteiger partial charge in [-0.25, -0.2) is 9.97 Å². The fourth-order valence-corrected chi connectivity index (χ4v) is 2.02. The first-order chi connectivity index (χ1) is 6.25. The molecule has 1 aliphatic rings. The zero-order valence-electron chi connectivity index (χ0n) is 6.95. The van der Waals surface area contributed by atoms with Crippen LogP contribution in [-0.4, -0.2) is 27.9 Å². The molecule has 0 spiro atoms. The van der Waals surface area contributed by atoms with Gasteiger partial charge in [0.1, 0.15) is 0 Å². The van der Waals surface area contributed by atoms with E-state index in [-0.39, 0.29) is 0 Å². The molecule has 2 rings (SSSR count). The third kappa shape index (κ3) is 2.11. The van der Waals surface area contributed by atoms with Crippen LogP contribution in [0.25, 0.3) is 0 Å². The summed E-state index contributed by atoms with van der Waals surface area (Å²) in [6.45, 7) is 1.99. The second-order valence-corrected chi connectivity index (χ2v) is 4.76. The highest BCUT2D eigenvalue weighted by Crippen LogP contribution is 2.20. The van der Waals surface area contributed by atoms with Crippen LogP contribution in [0.3, 0.4) is 0 Å². The van der Waals surface area contributed by atoms with E-state index in [4.69, 9.17) is 11.6 Å². The van der Waals surface area contributed by atoms with Crippen LogP contribution in [0, 0.1) is 0 Å². The van der Waals surface area contributed by atoms with E-state index >= 15 is 0 Å². The molecule has 0 aliphatic carbocycles. The highest BCUT2D eigenvalue weighted by atomic mass is 79.9. The summed E-state index contributed by atoms with van der Waals surface area (Å²) in [4.78, 5) is 11.0. The number of hydrogen-bond donors (Lipinski definition) is 0. The van der Waals surface area contributed by atoms with Crippen molar-refractivity contribution in [2.45, 2.75) is 11.2 Å². The lowest BCUT2D eigenvalue weighted by atomic mass is 10.4. The minimum absolute atomic E-state index is 0.562. The summed E-state index contributed by atoms with van der Waals surface area (Å²) in [7, 11) is 0. The van der Waals surface area contributed by atoms with Crippen molar-refractivity contribution in [3.63, 3.8) is 0 Å². The van der Waals surface area contributed by atoms with Crippen molar-refractivity contribution < 1.29 is 0 Å². The maximum absolute atomic E-state index is 5.69. The lowest BCUT2D eigenvalue weighted by Gasteiger charge is -2.14. The Morgan fingerprint density at radius 1 is 1.46 bits per heavy atom. The molecule has 0 bridgehead atoms. The van der Waals surface area contributed by atoms with Gasteiger partial charge < -0.3 is 4.90 Å². The number of hydrogen-bond acceptors (Lipinski definition) is 3. The van der Waals surface area contributed by atoms with Crippen molar-refractivity contribution in [2.24, 2.45) is 0 Å². The van der Waals surface area contributed by atoms with Crippen LogP contribution in [0.1, 0.15) is 6.42 Å². The number of nitrogens with zero attached hydrogens (tertiary/aromatic N) is 3. The fraction of sp³-hybridized carbons (Fsp3) is 0.500. The molecule has 3 nitrogen and oxygen atoms in total. The number of alkyl halides is 1. The fourth-order valence-electron chi connectivity index (χ4n) is 1.37. The molecule has 1 atom stereocenters. The minimum atomic E-state index is 0.562. The van der Waals surface area contributed by atoms with Crippen molar-refractivity contribution in [3.05, 3.63) is 17.4 Å². The average molecular weight is 263 g/mol. The predicted molar refractivity (Wildman–Crippen MR) is 56.6 cm³/mol. The summed E-state index contributed by atoms with van der Waals surface area (Å²) >= 11 is 9.26. The zero-order valence-corrected chi connectivity index (χ0v) is 9.29. The van der Waals surface area contributed by atoms with Crippen molar-refractivity contribution in [3.8, 4) is 0 Å². The Bertz CT molecular complexity index is 290. The minimum Gasteiger partial charge on any atom is -0.340 e. The van der Waals surface area contributed by atoms with Crippen molar-refractivity contribution in [1.29, 1.82) is 0 Å². The van der Waals surface area contributed by atoms with Crippen LogP contribution in [0.15, 0.2) is 12.4 Å². The molecule has 1 aromatic heterocycles. The van der Waals surface area contributed by atoms with E-state index in [1.54, 1.807) is 12.4 Å². The Labute approximate surface area is 90.3 Å². The maximum atomic E-state index is 5.69. The van der Waals surface area contributed by atoms with E-state index in [1.807, 2.05) is 0 Å². The normalized spacial score (nSPS) is 22.3. The smallest absolute Gasteiger partial charge is 0.225 e. The first-order valence-electron chi connectivity index (χ1n) is 4.12. The van der Waals surface area contributed by atoms with Gasteiger partial charge in [0, 0.05) is 17.9 Å². The van der Waals surface area contributed by atoms with Gasteiger partial charge in [-0.1, -0.05) is 27.5 Å². The van der Waals surface area contributed by atoms with E-state index in [1.165, 1.54) is 0 Å². The Hall–Kier alpha value is -0.350. The molecule has 1 fully saturated rings. The summed E-state index contributed by atoms with van der Waals surface area (Å²) in [6, 6.07) is 0. The lowest BCUT2D eigenvalue weighted by Crippen LogP contribution is -2.21. The Balaban J connectivity index is 2.13. The van der Waals surface area contributed by atoms with Gasteiger partial charge in [0.2, 0.25) is 5.95 Å². The molecule has 70 valence electrons. The first kappa shape index (κ1) is 9.21. The lowest BCUT2D eigenvalue weighted by molar-refractivity contribution is 0.900. The Morgan fingerprint density at radius 2 is 2.15 bits per heavy atom. The molecule has 5 heteroatoms. The predicted octanol–water partition coefficient (Wildman–Crippen LogP) is 2.10. The summed E-state index contributed by atoms with van der Waals surface area (Å²) < 4.78 is 0. The Morgan fingerprint density at radius 3 is 2.69 bits per heavy atom. The van der Waals surface area contributed by atoms with Crippen molar-refractivity contribution in [2.75, 3.05) is 18.0 Å². The molecular weight excluding hydrogens is 253 g/mol. The number of rotatable bonds is 1. The van der Waals surface area contributed by atoms with Gasteiger partial charge in [-0.05, 0) is 6.42 Å². The van der Waals surface area contributed by atoms with E-state index < -0.39 is 0 Å². The molecule has 0 aromatic carbocycles. The third-order valence-corrected chi connectivity index (χ3v) is 2.96. The van der Waals surface area contributed by atoms with E-state index in [9.17, 15) is 0 Å². The molecule has 1 aliphatic heterocycles. The number of aromatic nitrogens is 2. The standard InChI is InChI=1S/C8H9BrClN3/c9-6-1-2-13(5-6)8-11-3-7(10)4-12-8/h3-4,6H,1-2,5H2. The zero-order chi connectivity index (χ0) is 9.26. The van der Waals surface area contributed by atoms with Gasteiger partial charge >= 0.3 is 0 Å². The molecule has 1 unspecified atom stereocenters. The number of anilines is 1. The molecule has 0 amide bonds. The first-order valence-corrected chi connectivity index (χ1v) is 5.41. The highest BCUT2D eigenvalue weighted by molar-refractivity contribution is 9.09. The molecule has 0 radical (unpaired) electrons. The molecule has 1 saturated heterocycles. The van der Waals surface area contributed by atoms with Gasteiger partial charge in [0.05, 0.1) is 17.4 Å². The number of halogens is 2. The van der Waals surface area contributed by atoms with Gasteiger partial charge in [-0.15, -0.1) is 0 Å². The van der Waals surface area contributed by atoms with Gasteiger partial charge in [-0.2, -0.15) is 0 Å². The second-order valence-electron chi connectivity index (χ2n) is 3.03. The monoisotopic (exact) mass is 261 g/mol. The molecule has 0 saturated carbocycles. The topological polar surface area (TPSA) is 29.0 Å². The molecule has 1 aromatic rings. The summed E-state index contributed by atoms with van der Waals surface area (Å²) in [5.41, 5.74) is 0. The van der Waals surface area contributed by atoms with Crippen LogP contribution in [0.5, 0.6) is 0 Å². The van der Waals surface area contributed by atoms with Gasteiger partial charge in [-0.3, -0.25) is 0 Å². The molecule has 13 heavy (non-hydrogen) atoms. The van der Waals surface area contributed by atoms with Gasteiger partial charge in [0.25, 0.3) is 0 Å². The van der Waals surface area contributed by atoms with E-state index in [2.05, 4.69) is 30.8 Å². The summed E-state index contributed by atoms with van der Waals surface area (Å²) in [6.07, 6.45) is 4.41. The quantitative estimate of drug-likeness (QED) is 0.726. The summed E-state index contributed by atoms with van der Waals surface area (Å²) in [5, 5.41) is 0.582. The molecular formula is C8H9BrClN3. The van der Waals surface area contributed by atoms with Crippen LogP contribution in [-0.2, 0) is 0 Å². The maximum Gasteiger partial charge on any atom is 0.225 e. The van der Waals surface area contributed by atoms with Crippen LogP contribution >= 0.6 is 27.5 Å². The Kier molecular flexibility index (Phi) is 2.69. The molecule has 2 heterocycles. The summed E-state index contributed by atoms with van der Waals surface area (Å²) in [5.74, 6) is 0.770. The van der Waals surface area contributed by atoms with Crippen LogP contribution in [0.2, 0.25) is 5.02 Å². The third-order valence-electron chi connectivity index (χ3n) is 2.02. The second kappa shape index (κ2) is 3.80. The average Bonchev–Trinajstić information content (AvgIpc) is 2.53. The van der Waals surface area contributed by atoms with Crippen LogP contribution in [0.4, 0.5) is 5.95 Å². The molecule has 0 N–H and O–H groups in total. The van der Waals surface area contributed by atoms with Crippen molar-refractivity contribution >= 4 is 33.5 Å². The van der Waals surface area contributed by atoms with Crippen LogP contribution < -0.4 is 4.90 Å². The van der Waals surface area contributed by atoms with E-state index in [0.717, 1.165) is 25.5 Å². The van der Waals surface area contributed by atoms with E-state index in [0.29, 0.717) is 9.85 Å². The highest BCUT2D eigenvalue weighted by Gasteiger charge is 2.21. The van der Waals surface area contributed by atoms with Crippen molar-refractivity contribution in [1.82, 2.24) is 9.97 Å². The van der Waals surface area contributed by atoms with Gasteiger partial charge in [0.15, 0.2) is 0 Å². The largest absolute Gasteiger partial charge is 0.340 e. The SMILES string of the molecule is Clc1cnc(N2CCC(Br)C2)nc1.